The van der Waals surface area contributed by atoms with Crippen molar-refractivity contribution >= 4 is 33.3 Å². The summed E-state index contributed by atoms with van der Waals surface area (Å²) in [5, 5.41) is 0.634. The Hall–Kier alpha value is -1.21. The summed E-state index contributed by atoms with van der Waals surface area (Å²) in [5.41, 5.74) is 5.33. The second-order valence-corrected chi connectivity index (χ2v) is 5.68. The van der Waals surface area contributed by atoms with E-state index in [2.05, 4.69) is 31.3 Å². The van der Waals surface area contributed by atoms with Crippen LogP contribution in [0.4, 0.5) is 5.82 Å². The largest absolute Gasteiger partial charge is 0.376 e. The van der Waals surface area contributed by atoms with Gasteiger partial charge in [-0.05, 0) is 18.2 Å². The molecule has 0 saturated heterocycles. The number of hydrogen-bond donors (Lipinski definition) is 2. The van der Waals surface area contributed by atoms with Gasteiger partial charge in [0.2, 0.25) is 0 Å². The number of nitrogens with one attached hydrogen (secondary N) is 1. The van der Waals surface area contributed by atoms with E-state index in [0.717, 1.165) is 27.7 Å². The van der Waals surface area contributed by atoms with Gasteiger partial charge in [-0.25, -0.2) is 15.8 Å². The number of fused-ring (bicyclic) bond motifs is 1. The summed E-state index contributed by atoms with van der Waals surface area (Å²) >= 11 is 9.54. The Labute approximate surface area is 129 Å². The van der Waals surface area contributed by atoms with Gasteiger partial charge in [0.25, 0.3) is 0 Å². The second-order valence-electron chi connectivity index (χ2n) is 4.39. The van der Waals surface area contributed by atoms with Crippen molar-refractivity contribution in [3.63, 3.8) is 0 Å². The average molecular weight is 356 g/mol. The van der Waals surface area contributed by atoms with E-state index in [1.807, 2.05) is 18.2 Å². The van der Waals surface area contributed by atoms with Crippen LogP contribution in [0.25, 0.3) is 11.4 Å². The van der Waals surface area contributed by atoms with Crippen molar-refractivity contribution in [1.82, 2.24) is 9.97 Å². The molecule has 0 saturated carbocycles. The first kappa shape index (κ1) is 13.8. The highest BCUT2D eigenvalue weighted by molar-refractivity contribution is 9.10. The summed E-state index contributed by atoms with van der Waals surface area (Å²) in [6, 6.07) is 5.51. The molecule has 2 heterocycles. The SMILES string of the molecule is NNc1nc(-c2cc(Cl)ccc2Br)nc2c1COCC2. The van der Waals surface area contributed by atoms with E-state index in [0.29, 0.717) is 29.9 Å². The number of ether oxygens (including phenoxy) is 1. The number of halogens is 2. The van der Waals surface area contributed by atoms with Crippen LogP contribution in [-0.4, -0.2) is 16.6 Å². The zero-order valence-corrected chi connectivity index (χ0v) is 12.8. The van der Waals surface area contributed by atoms with Crippen LogP contribution in [0.3, 0.4) is 0 Å². The molecule has 0 bridgehead atoms. The lowest BCUT2D eigenvalue weighted by molar-refractivity contribution is 0.109. The van der Waals surface area contributed by atoms with Crippen LogP contribution in [0, 0.1) is 0 Å². The number of hydrogen-bond acceptors (Lipinski definition) is 5. The van der Waals surface area contributed by atoms with E-state index < -0.39 is 0 Å². The summed E-state index contributed by atoms with van der Waals surface area (Å²) in [5.74, 6) is 6.74. The zero-order valence-electron chi connectivity index (χ0n) is 10.5. The van der Waals surface area contributed by atoms with Gasteiger partial charge in [0.1, 0.15) is 5.82 Å². The quantitative estimate of drug-likeness (QED) is 0.640. The van der Waals surface area contributed by atoms with Crippen LogP contribution >= 0.6 is 27.5 Å². The van der Waals surface area contributed by atoms with Gasteiger partial charge in [0.05, 0.1) is 18.9 Å². The topological polar surface area (TPSA) is 73.1 Å². The molecule has 2 aromatic rings. The Kier molecular flexibility index (Phi) is 3.89. The molecule has 1 aromatic heterocycles. The molecule has 0 radical (unpaired) electrons. The minimum absolute atomic E-state index is 0.478. The van der Waals surface area contributed by atoms with Crippen LogP contribution in [0.2, 0.25) is 5.02 Å². The maximum absolute atomic E-state index is 6.05. The van der Waals surface area contributed by atoms with Gasteiger partial charge in [0, 0.05) is 27.0 Å². The highest BCUT2D eigenvalue weighted by Gasteiger charge is 2.19. The number of hydrazine groups is 1. The standard InChI is InChI=1S/C13H12BrClN4O/c14-10-2-1-7(15)5-8(10)12-17-11-3-4-20-6-9(11)13(18-12)19-16/h1-2,5H,3-4,6,16H2,(H,17,18,19). The monoisotopic (exact) mass is 354 g/mol. The summed E-state index contributed by atoms with van der Waals surface area (Å²) in [4.78, 5) is 9.08. The van der Waals surface area contributed by atoms with E-state index in [1.165, 1.54) is 0 Å². The van der Waals surface area contributed by atoms with E-state index in [-0.39, 0.29) is 0 Å². The van der Waals surface area contributed by atoms with Gasteiger partial charge in [-0.15, -0.1) is 0 Å². The molecule has 5 nitrogen and oxygen atoms in total. The Morgan fingerprint density at radius 1 is 1.35 bits per heavy atom. The average Bonchev–Trinajstić information content (AvgIpc) is 2.48. The molecule has 0 amide bonds. The lowest BCUT2D eigenvalue weighted by Gasteiger charge is -2.19. The van der Waals surface area contributed by atoms with Crippen LogP contribution < -0.4 is 11.3 Å². The zero-order chi connectivity index (χ0) is 14.1. The normalized spacial score (nSPS) is 13.9. The Bertz CT molecular complexity index is 648. The van der Waals surface area contributed by atoms with Crippen LogP contribution in [0.5, 0.6) is 0 Å². The summed E-state index contributed by atoms with van der Waals surface area (Å²) in [6.07, 6.45) is 0.748. The van der Waals surface area contributed by atoms with Crippen molar-refractivity contribution in [2.45, 2.75) is 13.0 Å². The predicted molar refractivity (Wildman–Crippen MR) is 81.3 cm³/mol. The third kappa shape index (κ3) is 2.52. The molecule has 7 heteroatoms. The van der Waals surface area contributed by atoms with Crippen LogP contribution in [0.15, 0.2) is 22.7 Å². The van der Waals surface area contributed by atoms with E-state index >= 15 is 0 Å². The van der Waals surface area contributed by atoms with Gasteiger partial charge in [-0.2, -0.15) is 0 Å². The number of nitrogens with zero attached hydrogens (tertiary/aromatic N) is 2. The molecule has 0 aliphatic carbocycles. The molecule has 1 aliphatic rings. The molecule has 3 N–H and O–H groups in total. The first-order valence-electron chi connectivity index (χ1n) is 6.08. The van der Waals surface area contributed by atoms with Gasteiger partial charge in [0.15, 0.2) is 5.82 Å². The summed E-state index contributed by atoms with van der Waals surface area (Å²) in [7, 11) is 0. The number of benzene rings is 1. The lowest BCUT2D eigenvalue weighted by atomic mass is 10.1. The number of aromatic nitrogens is 2. The molecule has 0 atom stereocenters. The Morgan fingerprint density at radius 2 is 2.20 bits per heavy atom. The van der Waals surface area contributed by atoms with E-state index in [9.17, 15) is 0 Å². The predicted octanol–water partition coefficient (Wildman–Crippen LogP) is 2.92. The smallest absolute Gasteiger partial charge is 0.163 e. The van der Waals surface area contributed by atoms with Gasteiger partial charge in [-0.1, -0.05) is 27.5 Å². The van der Waals surface area contributed by atoms with Crippen LogP contribution in [0.1, 0.15) is 11.3 Å². The molecule has 3 rings (SSSR count). The van der Waals surface area contributed by atoms with Crippen molar-refractivity contribution in [1.29, 1.82) is 0 Å². The molecule has 1 aromatic carbocycles. The van der Waals surface area contributed by atoms with Crippen molar-refractivity contribution in [3.8, 4) is 11.4 Å². The molecule has 1 aliphatic heterocycles. The number of nitrogens with two attached hydrogens (primary N) is 1. The maximum atomic E-state index is 6.05. The Balaban J connectivity index is 2.17. The van der Waals surface area contributed by atoms with Crippen molar-refractivity contribution in [2.24, 2.45) is 5.84 Å². The second kappa shape index (κ2) is 5.65. The van der Waals surface area contributed by atoms with E-state index in [1.54, 1.807) is 0 Å². The number of anilines is 1. The fraction of sp³-hybridized carbons (Fsp3) is 0.231. The number of rotatable bonds is 2. The fourth-order valence-electron chi connectivity index (χ4n) is 2.14. The molecule has 20 heavy (non-hydrogen) atoms. The first-order chi connectivity index (χ1) is 9.69. The third-order valence-electron chi connectivity index (χ3n) is 3.13. The molecular weight excluding hydrogens is 344 g/mol. The van der Waals surface area contributed by atoms with Gasteiger partial charge < -0.3 is 10.2 Å². The van der Waals surface area contributed by atoms with Crippen molar-refractivity contribution in [3.05, 3.63) is 39.0 Å². The van der Waals surface area contributed by atoms with Crippen LogP contribution in [-0.2, 0) is 17.8 Å². The summed E-state index contributed by atoms with van der Waals surface area (Å²) < 4.78 is 6.31. The molecule has 0 unspecified atom stereocenters. The molecule has 0 fully saturated rings. The van der Waals surface area contributed by atoms with Gasteiger partial charge >= 0.3 is 0 Å². The fourth-order valence-corrected chi connectivity index (χ4v) is 2.74. The Morgan fingerprint density at radius 3 is 3.00 bits per heavy atom. The highest BCUT2D eigenvalue weighted by atomic mass is 79.9. The third-order valence-corrected chi connectivity index (χ3v) is 4.05. The minimum Gasteiger partial charge on any atom is -0.376 e. The lowest BCUT2D eigenvalue weighted by Crippen LogP contribution is -2.19. The van der Waals surface area contributed by atoms with Gasteiger partial charge in [-0.3, -0.25) is 0 Å². The molecule has 104 valence electrons. The molecule has 0 spiro atoms. The maximum Gasteiger partial charge on any atom is 0.163 e. The minimum atomic E-state index is 0.478. The first-order valence-corrected chi connectivity index (χ1v) is 7.25. The van der Waals surface area contributed by atoms with Crippen molar-refractivity contribution in [2.75, 3.05) is 12.0 Å². The molecular formula is C13H12BrClN4O. The summed E-state index contributed by atoms with van der Waals surface area (Å²) in [6.45, 7) is 1.13. The number of nitrogen functional groups attached to an aromatic ring is 1. The van der Waals surface area contributed by atoms with E-state index in [4.69, 9.17) is 22.2 Å². The van der Waals surface area contributed by atoms with Crippen molar-refractivity contribution < 1.29 is 4.74 Å². The highest BCUT2D eigenvalue weighted by Crippen LogP contribution is 2.31.